The molecule has 1 rings (SSSR count). The van der Waals surface area contributed by atoms with Crippen LogP contribution in [0.1, 0.15) is 33.1 Å². The van der Waals surface area contributed by atoms with Crippen molar-refractivity contribution in [1.29, 1.82) is 0 Å². The molecule has 2 amide bonds. The van der Waals surface area contributed by atoms with Gasteiger partial charge in [-0.25, -0.2) is 0 Å². The maximum Gasteiger partial charge on any atom is 0.226 e. The van der Waals surface area contributed by atoms with Gasteiger partial charge in [-0.15, -0.1) is 0 Å². The summed E-state index contributed by atoms with van der Waals surface area (Å²) in [6.45, 7) is 4.29. The predicted octanol–water partition coefficient (Wildman–Crippen LogP) is 2.35. The van der Waals surface area contributed by atoms with Crippen molar-refractivity contribution in [2.24, 2.45) is 11.7 Å². The fourth-order valence-electron chi connectivity index (χ4n) is 1.58. The molecule has 0 unspecified atom stereocenters. The summed E-state index contributed by atoms with van der Waals surface area (Å²) in [5, 5.41) is 5.61. The smallest absolute Gasteiger partial charge is 0.226 e. The van der Waals surface area contributed by atoms with Crippen LogP contribution in [0.25, 0.3) is 0 Å². The molecule has 0 atom stereocenters. The van der Waals surface area contributed by atoms with E-state index < -0.39 is 0 Å². The van der Waals surface area contributed by atoms with E-state index in [4.69, 9.17) is 5.73 Å². The molecule has 20 heavy (non-hydrogen) atoms. The van der Waals surface area contributed by atoms with Crippen LogP contribution in [0.2, 0.25) is 0 Å². The van der Waals surface area contributed by atoms with E-state index in [9.17, 15) is 9.59 Å². The van der Waals surface area contributed by atoms with Crippen LogP contribution in [0.3, 0.4) is 0 Å². The third-order valence-electron chi connectivity index (χ3n) is 2.82. The standard InChI is InChI=1S/C15H23N3O2/c1-11(2)15(20)18-13-8-6-12(7-9-13)17-14(19)5-3-4-10-16/h6-9,11H,3-5,10,16H2,1-2H3,(H,17,19)(H,18,20). The molecule has 0 aromatic heterocycles. The largest absolute Gasteiger partial charge is 0.330 e. The Morgan fingerprint density at radius 2 is 1.60 bits per heavy atom. The highest BCUT2D eigenvalue weighted by Gasteiger charge is 2.07. The van der Waals surface area contributed by atoms with E-state index in [1.54, 1.807) is 24.3 Å². The van der Waals surface area contributed by atoms with Gasteiger partial charge in [-0.2, -0.15) is 0 Å². The lowest BCUT2D eigenvalue weighted by atomic mass is 10.2. The van der Waals surface area contributed by atoms with Gasteiger partial charge in [0.1, 0.15) is 0 Å². The van der Waals surface area contributed by atoms with Crippen molar-refractivity contribution >= 4 is 23.2 Å². The Morgan fingerprint density at radius 1 is 1.05 bits per heavy atom. The van der Waals surface area contributed by atoms with Crippen molar-refractivity contribution in [3.63, 3.8) is 0 Å². The number of amides is 2. The van der Waals surface area contributed by atoms with Gasteiger partial charge in [-0.05, 0) is 43.7 Å². The third-order valence-corrected chi connectivity index (χ3v) is 2.82. The van der Waals surface area contributed by atoms with Gasteiger partial charge < -0.3 is 16.4 Å². The number of carbonyl (C=O) groups excluding carboxylic acids is 2. The van der Waals surface area contributed by atoms with Gasteiger partial charge >= 0.3 is 0 Å². The monoisotopic (exact) mass is 277 g/mol. The van der Waals surface area contributed by atoms with Gasteiger partial charge in [-0.3, -0.25) is 9.59 Å². The summed E-state index contributed by atoms with van der Waals surface area (Å²) in [4.78, 5) is 23.1. The van der Waals surface area contributed by atoms with Crippen molar-refractivity contribution < 1.29 is 9.59 Å². The van der Waals surface area contributed by atoms with Crippen molar-refractivity contribution in [3.05, 3.63) is 24.3 Å². The van der Waals surface area contributed by atoms with Gasteiger partial charge in [0.15, 0.2) is 0 Å². The van der Waals surface area contributed by atoms with E-state index in [1.807, 2.05) is 13.8 Å². The number of rotatable bonds is 7. The Kier molecular flexibility index (Phi) is 6.73. The highest BCUT2D eigenvalue weighted by atomic mass is 16.2. The van der Waals surface area contributed by atoms with Gasteiger partial charge in [0.25, 0.3) is 0 Å². The first-order valence-corrected chi connectivity index (χ1v) is 6.93. The molecule has 1 aromatic carbocycles. The zero-order valence-corrected chi connectivity index (χ0v) is 12.1. The maximum absolute atomic E-state index is 11.6. The summed E-state index contributed by atoms with van der Waals surface area (Å²) in [6, 6.07) is 7.10. The number of nitrogens with two attached hydrogens (primary N) is 1. The normalized spacial score (nSPS) is 10.4. The number of hydrogen-bond donors (Lipinski definition) is 3. The molecule has 110 valence electrons. The second kappa shape index (κ2) is 8.32. The van der Waals surface area contributed by atoms with Crippen LogP contribution in [-0.2, 0) is 9.59 Å². The second-order valence-corrected chi connectivity index (χ2v) is 5.02. The first-order valence-electron chi connectivity index (χ1n) is 6.93. The molecule has 5 nitrogen and oxygen atoms in total. The Bertz CT molecular complexity index is 441. The maximum atomic E-state index is 11.6. The van der Waals surface area contributed by atoms with Crippen molar-refractivity contribution in [3.8, 4) is 0 Å². The van der Waals surface area contributed by atoms with Gasteiger partial charge in [0, 0.05) is 23.7 Å². The number of unbranched alkanes of at least 4 members (excludes halogenated alkanes) is 1. The Morgan fingerprint density at radius 3 is 2.10 bits per heavy atom. The average Bonchev–Trinajstić information content (AvgIpc) is 2.41. The summed E-state index contributed by atoms with van der Waals surface area (Å²) in [5.74, 6) is -0.0992. The van der Waals surface area contributed by atoms with Crippen LogP contribution in [0.5, 0.6) is 0 Å². The predicted molar refractivity (Wildman–Crippen MR) is 81.4 cm³/mol. The quantitative estimate of drug-likeness (QED) is 0.669. The van der Waals surface area contributed by atoms with Crippen LogP contribution in [0.15, 0.2) is 24.3 Å². The molecule has 5 heteroatoms. The minimum absolute atomic E-state index is 0.0163. The van der Waals surface area contributed by atoms with Crippen molar-refractivity contribution in [1.82, 2.24) is 0 Å². The van der Waals surface area contributed by atoms with E-state index in [0.29, 0.717) is 13.0 Å². The lowest BCUT2D eigenvalue weighted by Crippen LogP contribution is -2.17. The Labute approximate surface area is 119 Å². The van der Waals surface area contributed by atoms with Crippen LogP contribution >= 0.6 is 0 Å². The molecular weight excluding hydrogens is 254 g/mol. The molecule has 0 bridgehead atoms. The SMILES string of the molecule is CC(C)C(=O)Nc1ccc(NC(=O)CCCCN)cc1. The summed E-state index contributed by atoms with van der Waals surface area (Å²) >= 11 is 0. The topological polar surface area (TPSA) is 84.2 Å². The molecular formula is C15H23N3O2. The molecule has 1 aromatic rings. The van der Waals surface area contributed by atoms with E-state index in [0.717, 1.165) is 24.2 Å². The lowest BCUT2D eigenvalue weighted by molar-refractivity contribution is -0.119. The highest BCUT2D eigenvalue weighted by molar-refractivity contribution is 5.93. The first kappa shape index (κ1) is 16.2. The third kappa shape index (κ3) is 5.84. The Hall–Kier alpha value is -1.88. The molecule has 4 N–H and O–H groups in total. The molecule has 0 radical (unpaired) electrons. The van der Waals surface area contributed by atoms with Crippen LogP contribution < -0.4 is 16.4 Å². The number of nitrogens with one attached hydrogen (secondary N) is 2. The van der Waals surface area contributed by atoms with Crippen LogP contribution in [0.4, 0.5) is 11.4 Å². The average molecular weight is 277 g/mol. The van der Waals surface area contributed by atoms with E-state index in [2.05, 4.69) is 10.6 Å². The molecule has 0 aliphatic heterocycles. The van der Waals surface area contributed by atoms with Gasteiger partial charge in [-0.1, -0.05) is 13.8 Å². The zero-order chi connectivity index (χ0) is 15.0. The molecule has 0 saturated carbocycles. The first-order chi connectivity index (χ1) is 9.52. The number of carbonyl (C=O) groups is 2. The molecule has 0 heterocycles. The molecule has 0 saturated heterocycles. The van der Waals surface area contributed by atoms with Gasteiger partial charge in [0.2, 0.25) is 11.8 Å². The fraction of sp³-hybridized carbons (Fsp3) is 0.467. The number of hydrogen-bond acceptors (Lipinski definition) is 3. The van der Waals surface area contributed by atoms with E-state index in [-0.39, 0.29) is 17.7 Å². The van der Waals surface area contributed by atoms with Crippen molar-refractivity contribution in [2.75, 3.05) is 17.2 Å². The lowest BCUT2D eigenvalue weighted by Gasteiger charge is -2.09. The van der Waals surface area contributed by atoms with Crippen LogP contribution in [0, 0.1) is 5.92 Å². The fourth-order valence-corrected chi connectivity index (χ4v) is 1.58. The molecule has 0 aliphatic rings. The number of anilines is 2. The molecule has 0 aliphatic carbocycles. The summed E-state index contributed by atoms with van der Waals surface area (Å²) in [6.07, 6.45) is 2.13. The molecule has 0 fully saturated rings. The minimum Gasteiger partial charge on any atom is -0.330 e. The number of benzene rings is 1. The Balaban J connectivity index is 2.46. The summed E-state index contributed by atoms with van der Waals surface area (Å²) in [5.41, 5.74) is 6.83. The zero-order valence-electron chi connectivity index (χ0n) is 12.1. The van der Waals surface area contributed by atoms with E-state index in [1.165, 1.54) is 0 Å². The highest BCUT2D eigenvalue weighted by Crippen LogP contribution is 2.15. The van der Waals surface area contributed by atoms with Crippen molar-refractivity contribution in [2.45, 2.75) is 33.1 Å². The summed E-state index contributed by atoms with van der Waals surface area (Å²) in [7, 11) is 0. The van der Waals surface area contributed by atoms with E-state index >= 15 is 0 Å². The van der Waals surface area contributed by atoms with Crippen LogP contribution in [-0.4, -0.2) is 18.4 Å². The second-order valence-electron chi connectivity index (χ2n) is 5.02. The molecule has 0 spiro atoms. The summed E-state index contributed by atoms with van der Waals surface area (Å²) < 4.78 is 0. The minimum atomic E-state index is -0.0584. The van der Waals surface area contributed by atoms with Gasteiger partial charge in [0.05, 0.1) is 0 Å².